The lowest BCUT2D eigenvalue weighted by molar-refractivity contribution is -0.0586. The topological polar surface area (TPSA) is 38.8 Å². The molecule has 1 saturated heterocycles. The molecule has 4 heteroatoms. The minimum Gasteiger partial charge on any atom is -0.490 e. The Balaban J connectivity index is 2.10. The van der Waals surface area contributed by atoms with E-state index in [9.17, 15) is 4.79 Å². The molecule has 0 saturated carbocycles. The van der Waals surface area contributed by atoms with E-state index in [-0.39, 0.29) is 18.1 Å². The second-order valence-corrected chi connectivity index (χ2v) is 5.09. The van der Waals surface area contributed by atoms with Crippen LogP contribution in [0.4, 0.5) is 0 Å². The lowest BCUT2D eigenvalue weighted by Gasteiger charge is -2.35. The minimum absolute atomic E-state index is 0.0241. The van der Waals surface area contributed by atoms with Crippen molar-refractivity contribution < 1.29 is 14.3 Å². The molecule has 1 amide bonds. The number of hydrogen-bond acceptors (Lipinski definition) is 3. The number of amides is 1. The third-order valence-electron chi connectivity index (χ3n) is 3.16. The van der Waals surface area contributed by atoms with Gasteiger partial charge in [0, 0.05) is 18.7 Å². The van der Waals surface area contributed by atoms with Crippen molar-refractivity contribution in [1.82, 2.24) is 4.90 Å². The SMILES string of the molecule is C=CCOc1cccc(C(=O)N2C[C@@H](C)O[C@@H](C)C2)c1. The Bertz CT molecular complexity index is 476. The molecule has 2 rings (SSSR count). The molecule has 0 spiro atoms. The molecule has 4 nitrogen and oxygen atoms in total. The maximum atomic E-state index is 12.5. The molecule has 20 heavy (non-hydrogen) atoms. The van der Waals surface area contributed by atoms with E-state index in [2.05, 4.69) is 6.58 Å². The minimum atomic E-state index is 0.0241. The summed E-state index contributed by atoms with van der Waals surface area (Å²) in [4.78, 5) is 14.4. The van der Waals surface area contributed by atoms with E-state index in [0.717, 1.165) is 0 Å². The Kier molecular flexibility index (Phi) is 4.79. The van der Waals surface area contributed by atoms with E-state index >= 15 is 0 Å². The molecule has 1 aromatic carbocycles. The van der Waals surface area contributed by atoms with Crippen LogP contribution in [0.1, 0.15) is 24.2 Å². The molecular weight excluding hydrogens is 254 g/mol. The van der Waals surface area contributed by atoms with E-state index in [1.807, 2.05) is 36.9 Å². The number of hydrogen-bond donors (Lipinski definition) is 0. The van der Waals surface area contributed by atoms with Gasteiger partial charge in [-0.15, -0.1) is 0 Å². The highest BCUT2D eigenvalue weighted by Crippen LogP contribution is 2.18. The Labute approximate surface area is 120 Å². The van der Waals surface area contributed by atoms with Gasteiger partial charge in [0.05, 0.1) is 12.2 Å². The Morgan fingerprint density at radius 2 is 2.15 bits per heavy atom. The molecular formula is C16H21NO3. The van der Waals surface area contributed by atoms with E-state index in [0.29, 0.717) is 31.0 Å². The summed E-state index contributed by atoms with van der Waals surface area (Å²) in [6, 6.07) is 7.26. The van der Waals surface area contributed by atoms with E-state index in [1.54, 1.807) is 12.1 Å². The number of morpholine rings is 1. The highest BCUT2D eigenvalue weighted by Gasteiger charge is 2.26. The van der Waals surface area contributed by atoms with Crippen molar-refractivity contribution in [3.8, 4) is 5.75 Å². The van der Waals surface area contributed by atoms with Crippen LogP contribution >= 0.6 is 0 Å². The van der Waals surface area contributed by atoms with Gasteiger partial charge >= 0.3 is 0 Å². The van der Waals surface area contributed by atoms with Gasteiger partial charge in [0.25, 0.3) is 5.91 Å². The summed E-state index contributed by atoms with van der Waals surface area (Å²) in [5.74, 6) is 0.709. The first-order chi connectivity index (χ1) is 9.60. The van der Waals surface area contributed by atoms with E-state index in [4.69, 9.17) is 9.47 Å². The monoisotopic (exact) mass is 275 g/mol. The van der Waals surface area contributed by atoms with Gasteiger partial charge in [-0.1, -0.05) is 18.7 Å². The number of ether oxygens (including phenoxy) is 2. The molecule has 0 radical (unpaired) electrons. The quantitative estimate of drug-likeness (QED) is 0.793. The van der Waals surface area contributed by atoms with Crippen LogP contribution < -0.4 is 4.74 Å². The Hall–Kier alpha value is -1.81. The molecule has 108 valence electrons. The number of carbonyl (C=O) groups is 1. The molecule has 1 aliphatic rings. The van der Waals surface area contributed by atoms with Crippen LogP contribution in [-0.4, -0.2) is 42.7 Å². The second kappa shape index (κ2) is 6.57. The van der Waals surface area contributed by atoms with Crippen molar-refractivity contribution in [3.63, 3.8) is 0 Å². The third kappa shape index (κ3) is 3.61. The van der Waals surface area contributed by atoms with Crippen LogP contribution in [0.15, 0.2) is 36.9 Å². The lowest BCUT2D eigenvalue weighted by Crippen LogP contribution is -2.48. The number of benzene rings is 1. The molecule has 1 aliphatic heterocycles. The number of nitrogens with zero attached hydrogens (tertiary/aromatic N) is 1. The molecule has 0 bridgehead atoms. The summed E-state index contributed by atoms with van der Waals surface area (Å²) in [7, 11) is 0. The maximum absolute atomic E-state index is 12.5. The Morgan fingerprint density at radius 3 is 2.80 bits per heavy atom. The number of carbonyl (C=O) groups excluding carboxylic acids is 1. The largest absolute Gasteiger partial charge is 0.490 e. The zero-order valence-electron chi connectivity index (χ0n) is 12.0. The molecule has 1 fully saturated rings. The summed E-state index contributed by atoms with van der Waals surface area (Å²) in [5.41, 5.74) is 0.646. The van der Waals surface area contributed by atoms with Crippen molar-refractivity contribution in [2.45, 2.75) is 26.1 Å². The van der Waals surface area contributed by atoms with Gasteiger partial charge in [-0.05, 0) is 32.0 Å². The van der Waals surface area contributed by atoms with Crippen LogP contribution in [0, 0.1) is 0 Å². The highest BCUT2D eigenvalue weighted by atomic mass is 16.5. The summed E-state index contributed by atoms with van der Waals surface area (Å²) in [6.07, 6.45) is 1.82. The van der Waals surface area contributed by atoms with Gasteiger partial charge in [0.15, 0.2) is 0 Å². The van der Waals surface area contributed by atoms with Crippen molar-refractivity contribution in [1.29, 1.82) is 0 Å². The van der Waals surface area contributed by atoms with Crippen LogP contribution in [0.2, 0.25) is 0 Å². The second-order valence-electron chi connectivity index (χ2n) is 5.09. The van der Waals surface area contributed by atoms with Gasteiger partial charge in [-0.2, -0.15) is 0 Å². The fraction of sp³-hybridized carbons (Fsp3) is 0.438. The summed E-state index contributed by atoms with van der Waals surface area (Å²) in [5, 5.41) is 0. The Morgan fingerprint density at radius 1 is 1.45 bits per heavy atom. The summed E-state index contributed by atoms with van der Waals surface area (Å²) >= 11 is 0. The van der Waals surface area contributed by atoms with Gasteiger partial charge in [0.1, 0.15) is 12.4 Å². The third-order valence-corrected chi connectivity index (χ3v) is 3.16. The normalized spacial score (nSPS) is 22.4. The van der Waals surface area contributed by atoms with Crippen molar-refractivity contribution >= 4 is 5.91 Å². The molecule has 0 unspecified atom stereocenters. The smallest absolute Gasteiger partial charge is 0.254 e. The zero-order valence-corrected chi connectivity index (χ0v) is 12.0. The van der Waals surface area contributed by atoms with Crippen molar-refractivity contribution in [3.05, 3.63) is 42.5 Å². The molecule has 2 atom stereocenters. The first-order valence-electron chi connectivity index (χ1n) is 6.88. The zero-order chi connectivity index (χ0) is 14.5. The van der Waals surface area contributed by atoms with Gasteiger partial charge in [0.2, 0.25) is 0 Å². The standard InChI is InChI=1S/C16H21NO3/c1-4-8-19-15-7-5-6-14(9-15)16(18)17-10-12(2)20-13(3)11-17/h4-7,9,12-13H,1,8,10-11H2,2-3H3/t12-,13+. The van der Waals surface area contributed by atoms with Gasteiger partial charge in [-0.3, -0.25) is 4.79 Å². The van der Waals surface area contributed by atoms with Crippen LogP contribution in [0.3, 0.4) is 0 Å². The molecule has 0 aliphatic carbocycles. The predicted molar refractivity (Wildman–Crippen MR) is 78.0 cm³/mol. The molecule has 1 heterocycles. The number of rotatable bonds is 4. The van der Waals surface area contributed by atoms with Gasteiger partial charge < -0.3 is 14.4 Å². The fourth-order valence-corrected chi connectivity index (χ4v) is 2.40. The molecule has 1 aromatic rings. The average molecular weight is 275 g/mol. The predicted octanol–water partition coefficient (Wildman–Crippen LogP) is 2.50. The summed E-state index contributed by atoms with van der Waals surface area (Å²) in [6.45, 7) is 9.27. The fourth-order valence-electron chi connectivity index (χ4n) is 2.40. The van der Waals surface area contributed by atoms with Crippen molar-refractivity contribution in [2.24, 2.45) is 0 Å². The van der Waals surface area contributed by atoms with Crippen LogP contribution in [0.5, 0.6) is 5.75 Å². The van der Waals surface area contributed by atoms with Gasteiger partial charge in [-0.25, -0.2) is 0 Å². The van der Waals surface area contributed by atoms with E-state index < -0.39 is 0 Å². The summed E-state index contributed by atoms with van der Waals surface area (Å²) < 4.78 is 11.1. The van der Waals surface area contributed by atoms with Crippen molar-refractivity contribution in [2.75, 3.05) is 19.7 Å². The highest BCUT2D eigenvalue weighted by molar-refractivity contribution is 5.94. The maximum Gasteiger partial charge on any atom is 0.254 e. The first-order valence-corrected chi connectivity index (χ1v) is 6.88. The molecule has 0 N–H and O–H groups in total. The first kappa shape index (κ1) is 14.6. The molecule has 0 aromatic heterocycles. The van der Waals surface area contributed by atoms with Crippen LogP contribution in [-0.2, 0) is 4.74 Å². The van der Waals surface area contributed by atoms with E-state index in [1.165, 1.54) is 0 Å². The van der Waals surface area contributed by atoms with Crippen LogP contribution in [0.25, 0.3) is 0 Å². The lowest BCUT2D eigenvalue weighted by atomic mass is 10.1. The average Bonchev–Trinajstić information content (AvgIpc) is 2.43.